The monoisotopic (exact) mass is 313 g/mol. The molecule has 116 valence electrons. The summed E-state index contributed by atoms with van der Waals surface area (Å²) in [6, 6.07) is 6.11. The van der Waals surface area contributed by atoms with Crippen LogP contribution in [0, 0.1) is 6.92 Å². The van der Waals surface area contributed by atoms with E-state index < -0.39 is 27.8 Å². The van der Waals surface area contributed by atoms with Gasteiger partial charge in [-0.05, 0) is 24.5 Å². The molecule has 21 heavy (non-hydrogen) atoms. The fourth-order valence-corrected chi connectivity index (χ4v) is 2.48. The van der Waals surface area contributed by atoms with Crippen LogP contribution in [0.1, 0.15) is 17.5 Å². The Bertz CT molecular complexity index is 624. The molecule has 1 aromatic carbocycles. The molecule has 0 saturated carbocycles. The molecule has 0 saturated heterocycles. The van der Waals surface area contributed by atoms with Crippen molar-refractivity contribution in [1.82, 2.24) is 5.32 Å². The van der Waals surface area contributed by atoms with Crippen molar-refractivity contribution in [3.8, 4) is 0 Å². The predicted octanol–water partition coefficient (Wildman–Crippen LogP) is 0.542. The molecule has 0 aliphatic carbocycles. The van der Waals surface area contributed by atoms with Crippen LogP contribution in [0.5, 0.6) is 0 Å². The van der Waals surface area contributed by atoms with Crippen LogP contribution in [0.25, 0.3) is 0 Å². The topological polar surface area (TPSA) is 101 Å². The molecule has 0 aliphatic rings. The summed E-state index contributed by atoms with van der Waals surface area (Å²) in [6.07, 6.45) is 0.948. The van der Waals surface area contributed by atoms with E-state index in [0.717, 1.165) is 17.4 Å². The zero-order valence-electron chi connectivity index (χ0n) is 12.0. The third kappa shape index (κ3) is 6.40. The molecule has 0 aliphatic heterocycles. The van der Waals surface area contributed by atoms with Gasteiger partial charge in [0.25, 0.3) is 0 Å². The van der Waals surface area contributed by atoms with Crippen LogP contribution in [0.3, 0.4) is 0 Å². The highest BCUT2D eigenvalue weighted by atomic mass is 32.2. The second-order valence-electron chi connectivity index (χ2n) is 4.98. The molecule has 1 rings (SSSR count). The number of sulfone groups is 1. The SMILES string of the molecule is Cc1ccccc1CC(=O)NC(CCS(C)(=O)=O)C(=O)O. The average molecular weight is 313 g/mol. The van der Waals surface area contributed by atoms with Crippen molar-refractivity contribution in [2.75, 3.05) is 12.0 Å². The molecule has 7 heteroatoms. The quantitative estimate of drug-likeness (QED) is 0.765. The van der Waals surface area contributed by atoms with Crippen molar-refractivity contribution in [3.63, 3.8) is 0 Å². The summed E-state index contributed by atoms with van der Waals surface area (Å²) in [5.41, 5.74) is 1.75. The normalized spacial score (nSPS) is 12.7. The Morgan fingerprint density at radius 2 is 1.90 bits per heavy atom. The van der Waals surface area contributed by atoms with Gasteiger partial charge in [-0.1, -0.05) is 24.3 Å². The number of carbonyl (C=O) groups excluding carboxylic acids is 1. The lowest BCUT2D eigenvalue weighted by Gasteiger charge is -2.14. The van der Waals surface area contributed by atoms with Gasteiger partial charge in [0.05, 0.1) is 12.2 Å². The lowest BCUT2D eigenvalue weighted by atomic mass is 10.1. The largest absolute Gasteiger partial charge is 0.480 e. The molecule has 2 N–H and O–H groups in total. The van der Waals surface area contributed by atoms with Crippen molar-refractivity contribution >= 4 is 21.7 Å². The van der Waals surface area contributed by atoms with Gasteiger partial charge in [0.1, 0.15) is 15.9 Å². The Kier molecular flexibility index (Phi) is 5.90. The third-order valence-corrected chi connectivity index (χ3v) is 4.00. The van der Waals surface area contributed by atoms with Crippen molar-refractivity contribution < 1.29 is 23.1 Å². The van der Waals surface area contributed by atoms with E-state index in [0.29, 0.717) is 0 Å². The predicted molar refractivity (Wildman–Crippen MR) is 78.8 cm³/mol. The number of aliphatic carboxylic acids is 1. The zero-order chi connectivity index (χ0) is 16.0. The molecule has 1 aromatic rings. The standard InChI is InChI=1S/C14H19NO5S/c1-10-5-3-4-6-11(10)9-13(16)15-12(14(17)18)7-8-21(2,19)20/h3-6,12H,7-9H2,1-2H3,(H,15,16)(H,17,18). The number of aryl methyl sites for hydroxylation is 1. The summed E-state index contributed by atoms with van der Waals surface area (Å²) in [6.45, 7) is 1.86. The second-order valence-corrected chi connectivity index (χ2v) is 7.24. The van der Waals surface area contributed by atoms with Crippen molar-refractivity contribution in [3.05, 3.63) is 35.4 Å². The van der Waals surface area contributed by atoms with Crippen LogP contribution in [0.4, 0.5) is 0 Å². The summed E-state index contributed by atoms with van der Waals surface area (Å²) in [4.78, 5) is 22.9. The number of nitrogens with one attached hydrogen (secondary N) is 1. The minimum Gasteiger partial charge on any atom is -0.480 e. The van der Waals surface area contributed by atoms with E-state index in [2.05, 4.69) is 5.32 Å². The van der Waals surface area contributed by atoms with Crippen LogP contribution in [-0.4, -0.2) is 43.5 Å². The van der Waals surface area contributed by atoms with E-state index in [9.17, 15) is 18.0 Å². The number of rotatable bonds is 7. The van der Waals surface area contributed by atoms with Gasteiger partial charge in [0.2, 0.25) is 5.91 Å². The Balaban J connectivity index is 2.65. The molecule has 1 unspecified atom stereocenters. The lowest BCUT2D eigenvalue weighted by molar-refractivity contribution is -0.141. The maximum Gasteiger partial charge on any atom is 0.326 e. The van der Waals surface area contributed by atoms with Gasteiger partial charge in [0, 0.05) is 6.26 Å². The highest BCUT2D eigenvalue weighted by Crippen LogP contribution is 2.08. The molecule has 6 nitrogen and oxygen atoms in total. The van der Waals surface area contributed by atoms with Gasteiger partial charge in [-0.3, -0.25) is 4.79 Å². The summed E-state index contributed by atoms with van der Waals surface area (Å²) in [7, 11) is -3.27. The van der Waals surface area contributed by atoms with Crippen LogP contribution >= 0.6 is 0 Å². The first-order valence-corrected chi connectivity index (χ1v) is 8.49. The molecule has 0 radical (unpaired) electrons. The molecule has 0 heterocycles. The van der Waals surface area contributed by atoms with Gasteiger partial charge in [0.15, 0.2) is 0 Å². The van der Waals surface area contributed by atoms with Gasteiger partial charge in [-0.15, -0.1) is 0 Å². The number of hydrogen-bond acceptors (Lipinski definition) is 4. The second kappa shape index (κ2) is 7.21. The lowest BCUT2D eigenvalue weighted by Crippen LogP contribution is -2.42. The minimum atomic E-state index is -3.27. The number of carboxylic acid groups (broad SMARTS) is 1. The first kappa shape index (κ1) is 17.2. The number of amides is 1. The molecule has 0 bridgehead atoms. The Labute approximate surface area is 124 Å². The van der Waals surface area contributed by atoms with Crippen LogP contribution < -0.4 is 5.32 Å². The summed E-state index contributed by atoms with van der Waals surface area (Å²) < 4.78 is 22.1. The van der Waals surface area contributed by atoms with Gasteiger partial charge in [-0.2, -0.15) is 0 Å². The fourth-order valence-electron chi connectivity index (χ4n) is 1.82. The summed E-state index contributed by atoms with van der Waals surface area (Å²) in [5, 5.41) is 11.4. The third-order valence-electron chi connectivity index (χ3n) is 3.02. The van der Waals surface area contributed by atoms with E-state index in [1.54, 1.807) is 12.1 Å². The Hall–Kier alpha value is -1.89. The minimum absolute atomic E-state index is 0.0648. The highest BCUT2D eigenvalue weighted by Gasteiger charge is 2.21. The van der Waals surface area contributed by atoms with Gasteiger partial charge >= 0.3 is 5.97 Å². The van der Waals surface area contributed by atoms with Crippen LogP contribution in [0.2, 0.25) is 0 Å². The highest BCUT2D eigenvalue weighted by molar-refractivity contribution is 7.90. The van der Waals surface area contributed by atoms with E-state index in [1.165, 1.54) is 0 Å². The average Bonchev–Trinajstić information content (AvgIpc) is 2.36. The fraction of sp³-hybridized carbons (Fsp3) is 0.429. The summed E-state index contributed by atoms with van der Waals surface area (Å²) >= 11 is 0. The number of benzene rings is 1. The molecule has 1 amide bonds. The zero-order valence-corrected chi connectivity index (χ0v) is 12.8. The summed E-state index contributed by atoms with van der Waals surface area (Å²) in [5.74, 6) is -1.96. The molecule has 0 fully saturated rings. The van der Waals surface area contributed by atoms with Crippen LogP contribution in [-0.2, 0) is 25.8 Å². The van der Waals surface area contributed by atoms with E-state index in [-0.39, 0.29) is 18.6 Å². The number of carboxylic acids is 1. The van der Waals surface area contributed by atoms with E-state index in [1.807, 2.05) is 19.1 Å². The van der Waals surface area contributed by atoms with Crippen LogP contribution in [0.15, 0.2) is 24.3 Å². The first-order valence-electron chi connectivity index (χ1n) is 6.43. The van der Waals surface area contributed by atoms with Crippen molar-refractivity contribution in [2.24, 2.45) is 0 Å². The molecule has 1 atom stereocenters. The van der Waals surface area contributed by atoms with E-state index >= 15 is 0 Å². The molecular formula is C14H19NO5S. The maximum absolute atomic E-state index is 11.9. The number of carbonyl (C=O) groups is 2. The first-order chi connectivity index (χ1) is 9.69. The Morgan fingerprint density at radius 1 is 1.29 bits per heavy atom. The molecule has 0 aromatic heterocycles. The van der Waals surface area contributed by atoms with Gasteiger partial charge in [-0.25, -0.2) is 13.2 Å². The van der Waals surface area contributed by atoms with E-state index in [4.69, 9.17) is 5.11 Å². The Morgan fingerprint density at radius 3 is 2.43 bits per heavy atom. The molecular weight excluding hydrogens is 294 g/mol. The van der Waals surface area contributed by atoms with Crippen molar-refractivity contribution in [2.45, 2.75) is 25.8 Å². The smallest absolute Gasteiger partial charge is 0.326 e. The van der Waals surface area contributed by atoms with Gasteiger partial charge < -0.3 is 10.4 Å². The maximum atomic E-state index is 11.9. The number of hydrogen-bond donors (Lipinski definition) is 2. The van der Waals surface area contributed by atoms with Crippen molar-refractivity contribution in [1.29, 1.82) is 0 Å². The molecule has 0 spiro atoms.